The summed E-state index contributed by atoms with van der Waals surface area (Å²) in [6.45, 7) is 1.84. The van der Waals surface area contributed by atoms with E-state index in [4.69, 9.17) is 10.3 Å². The zero-order chi connectivity index (χ0) is 16.7. The number of benzene rings is 1. The van der Waals surface area contributed by atoms with Gasteiger partial charge in [-0.05, 0) is 31.9 Å². The molecule has 24 heavy (non-hydrogen) atoms. The highest BCUT2D eigenvalue weighted by Crippen LogP contribution is 2.35. The number of hydrogen-bond acceptors (Lipinski definition) is 5. The van der Waals surface area contributed by atoms with Crippen molar-refractivity contribution in [2.45, 2.75) is 38.1 Å². The van der Waals surface area contributed by atoms with Crippen LogP contribution in [0.15, 0.2) is 35.0 Å². The normalized spacial score (nSPS) is 16.6. The highest BCUT2D eigenvalue weighted by Gasteiger charge is 2.36. The maximum atomic E-state index is 14.0. The Balaban J connectivity index is 1.72. The number of halogens is 1. The quantitative estimate of drug-likeness (QED) is 0.799. The van der Waals surface area contributed by atoms with Gasteiger partial charge in [-0.2, -0.15) is 10.1 Å². The van der Waals surface area contributed by atoms with E-state index < -0.39 is 5.54 Å². The summed E-state index contributed by atoms with van der Waals surface area (Å²) in [6.07, 6.45) is 5.48. The second kappa shape index (κ2) is 5.52. The maximum Gasteiger partial charge on any atom is 0.261 e. The summed E-state index contributed by atoms with van der Waals surface area (Å²) in [5.74, 6) is 0.559. The van der Waals surface area contributed by atoms with Crippen molar-refractivity contribution in [1.29, 1.82) is 0 Å². The van der Waals surface area contributed by atoms with E-state index in [1.54, 1.807) is 24.4 Å². The van der Waals surface area contributed by atoms with Gasteiger partial charge in [0.05, 0.1) is 23.0 Å². The molecule has 0 atom stereocenters. The van der Waals surface area contributed by atoms with Gasteiger partial charge in [-0.25, -0.2) is 9.07 Å². The molecule has 1 aromatic carbocycles. The Bertz CT molecular complexity index is 879. The highest BCUT2D eigenvalue weighted by molar-refractivity contribution is 5.57. The fraction of sp³-hybridized carbons (Fsp3) is 0.353. The van der Waals surface area contributed by atoms with Crippen LogP contribution in [0, 0.1) is 12.7 Å². The predicted octanol–water partition coefficient (Wildman–Crippen LogP) is 3.10. The standard InChI is InChI=1S/C17H18FN5O/c1-11-12(10-20-23(11)14-7-3-2-6-13(14)18)15-21-16(22-24-15)17(19)8-4-5-9-17/h2-3,6-7,10H,4-5,8-9,19H2,1H3. The highest BCUT2D eigenvalue weighted by atomic mass is 19.1. The van der Waals surface area contributed by atoms with Gasteiger partial charge in [0.1, 0.15) is 11.5 Å². The molecule has 0 bridgehead atoms. The molecule has 4 rings (SSSR count). The lowest BCUT2D eigenvalue weighted by atomic mass is 9.99. The van der Waals surface area contributed by atoms with Crippen LogP contribution in [0.5, 0.6) is 0 Å². The van der Waals surface area contributed by atoms with Gasteiger partial charge >= 0.3 is 0 Å². The molecule has 1 aliphatic rings. The molecule has 3 aromatic rings. The van der Waals surface area contributed by atoms with Crippen molar-refractivity contribution >= 4 is 0 Å². The molecule has 2 heterocycles. The van der Waals surface area contributed by atoms with Crippen LogP contribution < -0.4 is 5.73 Å². The van der Waals surface area contributed by atoms with Crippen molar-refractivity contribution in [3.05, 3.63) is 47.8 Å². The van der Waals surface area contributed by atoms with Gasteiger partial charge in [0.25, 0.3) is 5.89 Å². The van der Waals surface area contributed by atoms with Crippen molar-refractivity contribution in [3.8, 4) is 17.1 Å². The van der Waals surface area contributed by atoms with Gasteiger partial charge in [-0.3, -0.25) is 0 Å². The van der Waals surface area contributed by atoms with Crippen molar-refractivity contribution < 1.29 is 8.91 Å². The van der Waals surface area contributed by atoms with Gasteiger partial charge in [0.2, 0.25) is 0 Å². The molecule has 6 nitrogen and oxygen atoms in total. The lowest BCUT2D eigenvalue weighted by Gasteiger charge is -2.17. The minimum Gasteiger partial charge on any atom is -0.334 e. The van der Waals surface area contributed by atoms with E-state index in [1.807, 2.05) is 6.92 Å². The third-order valence-corrected chi connectivity index (χ3v) is 4.69. The average Bonchev–Trinajstić information content (AvgIpc) is 3.28. The van der Waals surface area contributed by atoms with Gasteiger partial charge in [-0.15, -0.1) is 0 Å². The van der Waals surface area contributed by atoms with Crippen molar-refractivity contribution in [2.75, 3.05) is 0 Å². The van der Waals surface area contributed by atoms with E-state index in [1.165, 1.54) is 10.7 Å². The van der Waals surface area contributed by atoms with E-state index in [9.17, 15) is 4.39 Å². The van der Waals surface area contributed by atoms with Crippen molar-refractivity contribution in [3.63, 3.8) is 0 Å². The molecule has 2 N–H and O–H groups in total. The SMILES string of the molecule is Cc1c(-c2nc(C3(N)CCCC3)no2)cnn1-c1ccccc1F. The topological polar surface area (TPSA) is 82.8 Å². The fourth-order valence-corrected chi connectivity index (χ4v) is 3.25. The lowest BCUT2D eigenvalue weighted by Crippen LogP contribution is -2.34. The number of hydrogen-bond donors (Lipinski definition) is 1. The number of para-hydroxylation sites is 1. The first-order valence-electron chi connectivity index (χ1n) is 8.01. The summed E-state index contributed by atoms with van der Waals surface area (Å²) in [7, 11) is 0. The molecule has 2 aromatic heterocycles. The Hall–Kier alpha value is -2.54. The smallest absolute Gasteiger partial charge is 0.261 e. The van der Waals surface area contributed by atoms with E-state index in [0.29, 0.717) is 23.0 Å². The van der Waals surface area contributed by atoms with Crippen molar-refractivity contribution in [1.82, 2.24) is 19.9 Å². The average molecular weight is 327 g/mol. The minimum atomic E-state index is -0.503. The summed E-state index contributed by atoms with van der Waals surface area (Å²) < 4.78 is 20.9. The molecule has 0 saturated heterocycles. The first-order valence-corrected chi connectivity index (χ1v) is 8.01. The second-order valence-electron chi connectivity index (χ2n) is 6.29. The van der Waals surface area contributed by atoms with Crippen LogP contribution in [0.3, 0.4) is 0 Å². The fourth-order valence-electron chi connectivity index (χ4n) is 3.25. The maximum absolute atomic E-state index is 14.0. The van der Waals surface area contributed by atoms with E-state index in [2.05, 4.69) is 15.2 Å². The Kier molecular flexibility index (Phi) is 3.45. The van der Waals surface area contributed by atoms with Crippen LogP contribution >= 0.6 is 0 Å². The third kappa shape index (κ3) is 2.32. The Labute approximate surface area is 138 Å². The van der Waals surface area contributed by atoms with Crippen LogP contribution in [0.2, 0.25) is 0 Å². The summed E-state index contributed by atoms with van der Waals surface area (Å²) in [4.78, 5) is 4.47. The predicted molar refractivity (Wildman–Crippen MR) is 85.9 cm³/mol. The molecule has 0 radical (unpaired) electrons. The molecule has 0 aliphatic heterocycles. The first-order chi connectivity index (χ1) is 11.6. The monoisotopic (exact) mass is 327 g/mol. The molecule has 0 spiro atoms. The van der Waals surface area contributed by atoms with Crippen LogP contribution in [-0.4, -0.2) is 19.9 Å². The van der Waals surface area contributed by atoms with E-state index in [0.717, 1.165) is 31.4 Å². The Morgan fingerprint density at radius 2 is 2.00 bits per heavy atom. The van der Waals surface area contributed by atoms with Gasteiger partial charge in [0, 0.05) is 0 Å². The van der Waals surface area contributed by atoms with Crippen molar-refractivity contribution in [2.24, 2.45) is 5.73 Å². The van der Waals surface area contributed by atoms with Crippen LogP contribution in [-0.2, 0) is 5.54 Å². The number of nitrogens with zero attached hydrogens (tertiary/aromatic N) is 4. The van der Waals surface area contributed by atoms with Gasteiger partial charge < -0.3 is 10.3 Å². The molecule has 1 aliphatic carbocycles. The second-order valence-corrected chi connectivity index (χ2v) is 6.29. The molecule has 0 unspecified atom stereocenters. The van der Waals surface area contributed by atoms with E-state index >= 15 is 0 Å². The molecule has 1 saturated carbocycles. The summed E-state index contributed by atoms with van der Waals surface area (Å²) >= 11 is 0. The zero-order valence-corrected chi connectivity index (χ0v) is 13.4. The number of aromatic nitrogens is 4. The number of rotatable bonds is 3. The lowest BCUT2D eigenvalue weighted by molar-refractivity contribution is 0.372. The third-order valence-electron chi connectivity index (χ3n) is 4.69. The molecular formula is C17H18FN5O. The molecule has 7 heteroatoms. The Morgan fingerprint density at radius 3 is 2.75 bits per heavy atom. The van der Waals surface area contributed by atoms with Gasteiger partial charge in [0.15, 0.2) is 5.82 Å². The van der Waals surface area contributed by atoms with E-state index in [-0.39, 0.29) is 5.82 Å². The summed E-state index contributed by atoms with van der Waals surface area (Å²) in [6, 6.07) is 6.48. The van der Waals surface area contributed by atoms with Crippen LogP contribution in [0.25, 0.3) is 17.1 Å². The largest absolute Gasteiger partial charge is 0.334 e. The summed E-state index contributed by atoms with van der Waals surface area (Å²) in [5.41, 5.74) is 7.66. The molecule has 1 fully saturated rings. The number of nitrogens with two attached hydrogens (primary N) is 1. The summed E-state index contributed by atoms with van der Waals surface area (Å²) in [5, 5.41) is 8.33. The van der Waals surface area contributed by atoms with Crippen LogP contribution in [0.1, 0.15) is 37.2 Å². The first kappa shape index (κ1) is 15.0. The molecular weight excluding hydrogens is 309 g/mol. The molecule has 0 amide bonds. The molecule has 124 valence electrons. The zero-order valence-electron chi connectivity index (χ0n) is 13.4. The Morgan fingerprint density at radius 1 is 1.25 bits per heavy atom. The minimum absolute atomic E-state index is 0.340. The van der Waals surface area contributed by atoms with Crippen LogP contribution in [0.4, 0.5) is 4.39 Å². The van der Waals surface area contributed by atoms with Gasteiger partial charge in [-0.1, -0.05) is 30.1 Å².